The Bertz CT molecular complexity index is 862. The maximum absolute atomic E-state index is 11.3. The zero-order valence-electron chi connectivity index (χ0n) is 19.3. The van der Waals surface area contributed by atoms with Crippen molar-refractivity contribution in [2.24, 2.45) is 0 Å². The van der Waals surface area contributed by atoms with E-state index in [0.717, 1.165) is 18.8 Å². The predicted molar refractivity (Wildman–Crippen MR) is 126 cm³/mol. The van der Waals surface area contributed by atoms with Crippen molar-refractivity contribution < 1.29 is 19.7 Å². The second-order valence-corrected chi connectivity index (χ2v) is 9.64. The minimum atomic E-state index is -1.11. The number of ether oxygens (including phenoxy) is 2. The minimum Gasteiger partial charge on any atom is -0.490 e. The molecule has 0 spiro atoms. The maximum atomic E-state index is 11.3. The monoisotopic (exact) mass is 440 g/mol. The first-order valence-electron chi connectivity index (χ1n) is 11.6. The first-order valence-corrected chi connectivity index (χ1v) is 11.6. The summed E-state index contributed by atoms with van der Waals surface area (Å²) in [7, 11) is 0. The number of aliphatic hydroxyl groups is 2. The lowest BCUT2D eigenvalue weighted by molar-refractivity contribution is -0.0742. The summed E-state index contributed by atoms with van der Waals surface area (Å²) in [4.78, 5) is 4.47. The van der Waals surface area contributed by atoms with Crippen molar-refractivity contribution in [2.45, 2.75) is 37.9 Å². The third kappa shape index (κ3) is 6.01. The van der Waals surface area contributed by atoms with Crippen LogP contribution >= 0.6 is 0 Å². The van der Waals surface area contributed by atoms with E-state index in [4.69, 9.17) is 9.47 Å². The molecule has 0 saturated carbocycles. The van der Waals surface area contributed by atoms with Gasteiger partial charge in [0.25, 0.3) is 0 Å². The molecule has 1 atom stereocenters. The average Bonchev–Trinajstić information content (AvgIpc) is 2.95. The lowest BCUT2D eigenvalue weighted by Gasteiger charge is -2.42. The summed E-state index contributed by atoms with van der Waals surface area (Å²) in [5.41, 5.74) is 1.76. The van der Waals surface area contributed by atoms with Gasteiger partial charge in [0.1, 0.15) is 18.0 Å². The van der Waals surface area contributed by atoms with Gasteiger partial charge in [-0.2, -0.15) is 0 Å². The molecular weight excluding hydrogens is 404 g/mol. The van der Waals surface area contributed by atoms with Crippen molar-refractivity contribution in [1.29, 1.82) is 0 Å². The molecule has 32 heavy (non-hydrogen) atoms. The highest BCUT2D eigenvalue weighted by molar-refractivity contribution is 5.48. The smallest absolute Gasteiger partial charge is 0.134 e. The van der Waals surface area contributed by atoms with Gasteiger partial charge in [-0.1, -0.05) is 35.4 Å². The summed E-state index contributed by atoms with van der Waals surface area (Å²) >= 11 is 0. The number of piperidine rings is 1. The van der Waals surface area contributed by atoms with Crippen LogP contribution in [0.4, 0.5) is 5.69 Å². The zero-order valence-corrected chi connectivity index (χ0v) is 19.3. The van der Waals surface area contributed by atoms with Gasteiger partial charge in [-0.05, 0) is 51.0 Å². The minimum absolute atomic E-state index is 0.159. The van der Waals surface area contributed by atoms with Gasteiger partial charge in [0.2, 0.25) is 0 Å². The predicted octanol–water partition coefficient (Wildman–Crippen LogP) is 2.78. The summed E-state index contributed by atoms with van der Waals surface area (Å²) in [6.07, 6.45) is 1.41. The van der Waals surface area contributed by atoms with Crippen molar-refractivity contribution >= 4 is 5.69 Å². The maximum Gasteiger partial charge on any atom is 0.134 e. The van der Waals surface area contributed by atoms with Gasteiger partial charge in [0, 0.05) is 38.4 Å². The highest BCUT2D eigenvalue weighted by Crippen LogP contribution is 2.28. The molecular formula is C26H36N2O4. The topological polar surface area (TPSA) is 65.4 Å². The molecule has 6 heteroatoms. The van der Waals surface area contributed by atoms with E-state index in [1.165, 1.54) is 16.8 Å². The molecule has 2 aromatic rings. The average molecular weight is 441 g/mol. The highest BCUT2D eigenvalue weighted by Gasteiger charge is 2.39. The van der Waals surface area contributed by atoms with Crippen molar-refractivity contribution in [2.75, 3.05) is 57.4 Å². The van der Waals surface area contributed by atoms with E-state index in [0.29, 0.717) is 39.1 Å². The number of hydrogen-bond acceptors (Lipinski definition) is 6. The molecule has 0 amide bonds. The van der Waals surface area contributed by atoms with E-state index in [-0.39, 0.29) is 13.2 Å². The van der Waals surface area contributed by atoms with Gasteiger partial charge < -0.3 is 24.6 Å². The van der Waals surface area contributed by atoms with E-state index in [9.17, 15) is 10.2 Å². The molecule has 6 nitrogen and oxygen atoms in total. The van der Waals surface area contributed by atoms with Gasteiger partial charge in [0.05, 0.1) is 18.8 Å². The van der Waals surface area contributed by atoms with Crippen LogP contribution in [0.25, 0.3) is 0 Å². The van der Waals surface area contributed by atoms with E-state index < -0.39 is 11.2 Å². The lowest BCUT2D eigenvalue weighted by atomic mass is 9.90. The molecule has 2 fully saturated rings. The molecule has 2 aromatic carbocycles. The summed E-state index contributed by atoms with van der Waals surface area (Å²) in [5.74, 6) is 0.738. The molecule has 4 rings (SSSR count). The fourth-order valence-corrected chi connectivity index (χ4v) is 4.58. The second-order valence-electron chi connectivity index (χ2n) is 9.64. The van der Waals surface area contributed by atoms with Crippen LogP contribution in [0.15, 0.2) is 48.5 Å². The van der Waals surface area contributed by atoms with E-state index in [1.807, 2.05) is 31.2 Å². The number of β-amino-alcohol motifs (C(OH)–C–C–N with tert-alkyl or cyclic N) is 2. The van der Waals surface area contributed by atoms with Crippen LogP contribution in [0.2, 0.25) is 0 Å². The number of hydrogen-bond donors (Lipinski definition) is 2. The summed E-state index contributed by atoms with van der Waals surface area (Å²) < 4.78 is 11.6. The van der Waals surface area contributed by atoms with Crippen LogP contribution in [0, 0.1) is 13.8 Å². The van der Waals surface area contributed by atoms with E-state index >= 15 is 0 Å². The second kappa shape index (κ2) is 9.79. The van der Waals surface area contributed by atoms with Gasteiger partial charge in [-0.25, -0.2) is 0 Å². The van der Waals surface area contributed by atoms with Gasteiger partial charge >= 0.3 is 0 Å². The Kier molecular flexibility index (Phi) is 7.05. The van der Waals surface area contributed by atoms with E-state index in [2.05, 4.69) is 41.0 Å². The fourth-order valence-electron chi connectivity index (χ4n) is 4.58. The molecule has 0 aliphatic carbocycles. The van der Waals surface area contributed by atoms with Crippen molar-refractivity contribution in [3.63, 3.8) is 0 Å². The number of aryl methyl sites for hydroxylation is 2. The Morgan fingerprint density at radius 2 is 1.50 bits per heavy atom. The van der Waals surface area contributed by atoms with Crippen LogP contribution in [0.1, 0.15) is 24.0 Å². The molecule has 0 radical (unpaired) electrons. The Labute approximate surface area is 191 Å². The van der Waals surface area contributed by atoms with Crippen molar-refractivity contribution in [3.05, 3.63) is 59.7 Å². The summed E-state index contributed by atoms with van der Waals surface area (Å²) in [6, 6.07) is 16.4. The Balaban J connectivity index is 1.32. The van der Waals surface area contributed by atoms with E-state index in [1.54, 1.807) is 0 Å². The Morgan fingerprint density at radius 3 is 2.16 bits per heavy atom. The standard InChI is InChI=1S/C26H36N2O4/c1-21-3-7-23(8-4-21)28-13-11-25(29,12-14-28)17-27-15-16-31-19-26(30,18-27)20-32-24-9-5-22(2)6-10-24/h3-10,29-30H,11-20H2,1-2H3/t26-/m0/s1. The van der Waals surface area contributed by atoms with Gasteiger partial charge in [-0.3, -0.25) is 4.90 Å². The first-order chi connectivity index (χ1) is 15.3. The summed E-state index contributed by atoms with van der Waals surface area (Å²) in [5, 5.41) is 22.5. The quantitative estimate of drug-likeness (QED) is 0.720. The first kappa shape index (κ1) is 23.1. The Hall–Kier alpha value is -2.12. The van der Waals surface area contributed by atoms with Gasteiger partial charge in [-0.15, -0.1) is 0 Å². The molecule has 2 heterocycles. The third-order valence-electron chi connectivity index (χ3n) is 6.58. The molecule has 0 bridgehead atoms. The van der Waals surface area contributed by atoms with Gasteiger partial charge in [0.15, 0.2) is 0 Å². The molecule has 2 aliphatic heterocycles. The molecule has 0 aromatic heterocycles. The lowest BCUT2D eigenvalue weighted by Crippen LogP contribution is -2.55. The highest BCUT2D eigenvalue weighted by atomic mass is 16.5. The van der Waals surface area contributed by atoms with Crippen LogP contribution in [0.5, 0.6) is 5.75 Å². The van der Waals surface area contributed by atoms with Crippen LogP contribution in [-0.2, 0) is 4.74 Å². The normalized spacial score (nSPS) is 24.2. The van der Waals surface area contributed by atoms with Crippen LogP contribution < -0.4 is 9.64 Å². The zero-order chi connectivity index (χ0) is 22.6. The number of nitrogens with zero attached hydrogens (tertiary/aromatic N) is 2. The molecule has 174 valence electrons. The molecule has 2 aliphatic rings. The number of anilines is 1. The Morgan fingerprint density at radius 1 is 0.875 bits per heavy atom. The number of rotatable bonds is 6. The summed E-state index contributed by atoms with van der Waals surface area (Å²) in [6.45, 7) is 8.35. The third-order valence-corrected chi connectivity index (χ3v) is 6.58. The SMILES string of the molecule is Cc1ccc(OC[C@@]2(O)COCCN(CC3(O)CCN(c4ccc(C)cc4)CC3)C2)cc1. The molecule has 2 saturated heterocycles. The molecule has 2 N–H and O–H groups in total. The number of benzene rings is 2. The van der Waals surface area contributed by atoms with Crippen LogP contribution in [-0.4, -0.2) is 78.9 Å². The van der Waals surface area contributed by atoms with Crippen molar-refractivity contribution in [3.8, 4) is 5.75 Å². The van der Waals surface area contributed by atoms with Crippen LogP contribution in [0.3, 0.4) is 0 Å². The largest absolute Gasteiger partial charge is 0.490 e. The molecule has 0 unspecified atom stereocenters. The van der Waals surface area contributed by atoms with Crippen molar-refractivity contribution in [1.82, 2.24) is 4.90 Å². The fraction of sp³-hybridized carbons (Fsp3) is 0.538.